The van der Waals surface area contributed by atoms with Crippen molar-refractivity contribution in [1.29, 1.82) is 0 Å². The lowest BCUT2D eigenvalue weighted by atomic mass is 9.99. The largest absolute Gasteiger partial charge is 0.310 e. The highest BCUT2D eigenvalue weighted by molar-refractivity contribution is 6.12. The summed E-state index contributed by atoms with van der Waals surface area (Å²) >= 11 is 0. The summed E-state index contributed by atoms with van der Waals surface area (Å²) in [5.41, 5.74) is 21.2. The van der Waals surface area contributed by atoms with Crippen LogP contribution in [0.25, 0.3) is 27.5 Å². The monoisotopic (exact) mass is 828 g/mol. The molecule has 10 rings (SSSR count). The molecule has 0 unspecified atom stereocenters. The van der Waals surface area contributed by atoms with Gasteiger partial charge in [-0.3, -0.25) is 0 Å². The maximum absolute atomic E-state index is 2.48. The molecule has 64 heavy (non-hydrogen) atoms. The summed E-state index contributed by atoms with van der Waals surface area (Å²) in [7, 11) is 0. The molecule has 0 atom stereocenters. The van der Waals surface area contributed by atoms with Crippen LogP contribution in [0.5, 0.6) is 0 Å². The number of aryl methyl sites for hydroxylation is 6. The zero-order valence-corrected chi connectivity index (χ0v) is 37.4. The normalized spacial score (nSPS) is 11.3. The Kier molecular flexibility index (Phi) is 10.6. The SMILES string of the molecule is Cc1cc(C)c(N(c2ccc(-n3c4ccc(N(c5ccccc5)c5ccccc5)cc4c4cc(N(c5ccccc5)c5ccccc5)ccc43)cc2)c2c(C)cc(C)cc2C)c(C)c1. The molecule has 9 aromatic carbocycles. The van der Waals surface area contributed by atoms with E-state index in [9.17, 15) is 0 Å². The van der Waals surface area contributed by atoms with Crippen LogP contribution in [0, 0.1) is 41.5 Å². The molecule has 0 N–H and O–H groups in total. The smallest absolute Gasteiger partial charge is 0.0542 e. The van der Waals surface area contributed by atoms with E-state index in [1.165, 1.54) is 55.5 Å². The van der Waals surface area contributed by atoms with Crippen molar-refractivity contribution >= 4 is 73.0 Å². The molecule has 0 aliphatic heterocycles. The van der Waals surface area contributed by atoms with Crippen LogP contribution >= 0.6 is 0 Å². The number of benzene rings is 9. The molecule has 312 valence electrons. The van der Waals surface area contributed by atoms with Crippen molar-refractivity contribution in [1.82, 2.24) is 4.57 Å². The van der Waals surface area contributed by atoms with E-state index in [2.05, 4.69) is 267 Å². The van der Waals surface area contributed by atoms with Gasteiger partial charge in [-0.15, -0.1) is 0 Å². The Labute approximate surface area is 377 Å². The number of hydrogen-bond donors (Lipinski definition) is 0. The lowest BCUT2D eigenvalue weighted by Gasteiger charge is -2.32. The van der Waals surface area contributed by atoms with Gasteiger partial charge in [-0.05, 0) is 173 Å². The third kappa shape index (κ3) is 7.37. The predicted molar refractivity (Wildman–Crippen MR) is 273 cm³/mol. The molecule has 1 aromatic heterocycles. The van der Waals surface area contributed by atoms with Gasteiger partial charge in [0.05, 0.1) is 22.4 Å². The van der Waals surface area contributed by atoms with Gasteiger partial charge >= 0.3 is 0 Å². The first-order valence-electron chi connectivity index (χ1n) is 22.2. The fraction of sp³-hybridized carbons (Fsp3) is 0.100. The molecule has 0 aliphatic rings. The summed E-state index contributed by atoms with van der Waals surface area (Å²) in [6, 6.07) is 74.9. The van der Waals surface area contributed by atoms with Crippen molar-refractivity contribution in [3.8, 4) is 5.69 Å². The molecule has 0 fully saturated rings. The first-order valence-corrected chi connectivity index (χ1v) is 22.2. The van der Waals surface area contributed by atoms with Crippen molar-refractivity contribution < 1.29 is 0 Å². The first-order chi connectivity index (χ1) is 31.2. The average Bonchev–Trinajstić information content (AvgIpc) is 3.62. The Morgan fingerprint density at radius 2 is 0.578 bits per heavy atom. The zero-order chi connectivity index (χ0) is 43.9. The lowest BCUT2D eigenvalue weighted by Crippen LogP contribution is -2.16. The first kappa shape index (κ1) is 40.3. The number of rotatable bonds is 10. The van der Waals surface area contributed by atoms with Gasteiger partial charge in [-0.2, -0.15) is 0 Å². The summed E-state index contributed by atoms with van der Waals surface area (Å²) in [5, 5.41) is 2.35. The van der Waals surface area contributed by atoms with E-state index in [0.717, 1.165) is 56.5 Å². The molecule has 0 aliphatic carbocycles. The van der Waals surface area contributed by atoms with E-state index in [1.807, 2.05) is 0 Å². The van der Waals surface area contributed by atoms with Crippen molar-refractivity contribution in [2.75, 3.05) is 14.7 Å². The van der Waals surface area contributed by atoms with E-state index < -0.39 is 0 Å². The molecule has 0 saturated carbocycles. The van der Waals surface area contributed by atoms with Gasteiger partial charge in [0.2, 0.25) is 0 Å². The molecule has 0 amide bonds. The van der Waals surface area contributed by atoms with Crippen LogP contribution in [0.3, 0.4) is 0 Å². The Hall–Kier alpha value is -7.82. The number of fused-ring (bicyclic) bond motifs is 3. The Morgan fingerprint density at radius 3 is 0.906 bits per heavy atom. The predicted octanol–water partition coefficient (Wildman–Crippen LogP) is 17.0. The molecule has 4 heteroatoms. The zero-order valence-electron chi connectivity index (χ0n) is 37.4. The van der Waals surface area contributed by atoms with Crippen molar-refractivity contribution in [2.45, 2.75) is 41.5 Å². The van der Waals surface area contributed by atoms with Crippen molar-refractivity contribution in [3.63, 3.8) is 0 Å². The van der Waals surface area contributed by atoms with Crippen LogP contribution in [0.4, 0.5) is 51.2 Å². The Morgan fingerprint density at radius 1 is 0.281 bits per heavy atom. The fourth-order valence-electron chi connectivity index (χ4n) is 9.93. The standard InChI is InChI=1S/C60H52N4/c1-41-35-43(3)59(44(4)36-41)64(60-45(5)37-42(2)38-46(60)6)52-29-27-51(28-30-52)63-57-33-31-53(61(47-19-11-7-12-20-47)48-21-13-8-14-22-48)39-55(57)56-40-54(32-34-58(56)63)62(49-23-15-9-16-24-49)50-25-17-10-18-26-50/h7-40H,1-6H3. The second-order valence-corrected chi connectivity index (χ2v) is 17.1. The Bertz CT molecular complexity index is 2940. The maximum Gasteiger partial charge on any atom is 0.0542 e. The summed E-state index contributed by atoms with van der Waals surface area (Å²) in [4.78, 5) is 7.17. The van der Waals surface area contributed by atoms with E-state index in [0.29, 0.717) is 0 Å². The molecule has 0 bridgehead atoms. The lowest BCUT2D eigenvalue weighted by molar-refractivity contribution is 1.15. The number of anilines is 9. The molecule has 4 nitrogen and oxygen atoms in total. The van der Waals surface area contributed by atoms with Gasteiger partial charge in [-0.25, -0.2) is 0 Å². The van der Waals surface area contributed by atoms with Gasteiger partial charge in [0, 0.05) is 56.3 Å². The molecular weight excluding hydrogens is 777 g/mol. The summed E-state index contributed by atoms with van der Waals surface area (Å²) in [6.07, 6.45) is 0. The quantitative estimate of drug-likeness (QED) is 0.136. The third-order valence-corrected chi connectivity index (χ3v) is 12.4. The minimum Gasteiger partial charge on any atom is -0.310 e. The van der Waals surface area contributed by atoms with Gasteiger partial charge in [0.15, 0.2) is 0 Å². The van der Waals surface area contributed by atoms with Crippen LogP contribution in [0.1, 0.15) is 33.4 Å². The fourth-order valence-corrected chi connectivity index (χ4v) is 9.93. The van der Waals surface area contributed by atoms with E-state index in [4.69, 9.17) is 0 Å². The topological polar surface area (TPSA) is 14.7 Å². The molecule has 0 saturated heterocycles. The number of nitrogens with zero attached hydrogens (tertiary/aromatic N) is 4. The van der Waals surface area contributed by atoms with Gasteiger partial charge < -0.3 is 19.3 Å². The van der Waals surface area contributed by atoms with Gasteiger partial charge in [0.1, 0.15) is 0 Å². The second-order valence-electron chi connectivity index (χ2n) is 17.1. The number of para-hydroxylation sites is 4. The summed E-state index contributed by atoms with van der Waals surface area (Å²) in [6.45, 7) is 13.3. The van der Waals surface area contributed by atoms with Crippen molar-refractivity contribution in [2.24, 2.45) is 0 Å². The van der Waals surface area contributed by atoms with E-state index in [-0.39, 0.29) is 0 Å². The summed E-state index contributed by atoms with van der Waals surface area (Å²) in [5.74, 6) is 0. The molecule has 10 aromatic rings. The second kappa shape index (κ2) is 16.8. The Balaban J connectivity index is 1.19. The van der Waals surface area contributed by atoms with Crippen LogP contribution in [0.2, 0.25) is 0 Å². The third-order valence-electron chi connectivity index (χ3n) is 12.4. The maximum atomic E-state index is 2.48. The number of aromatic nitrogens is 1. The average molecular weight is 829 g/mol. The minimum absolute atomic E-state index is 1.09. The van der Waals surface area contributed by atoms with Crippen molar-refractivity contribution in [3.05, 3.63) is 240 Å². The van der Waals surface area contributed by atoms with Crippen LogP contribution in [-0.2, 0) is 0 Å². The van der Waals surface area contributed by atoms with Gasteiger partial charge in [0.25, 0.3) is 0 Å². The van der Waals surface area contributed by atoms with Gasteiger partial charge in [-0.1, -0.05) is 108 Å². The van der Waals surface area contributed by atoms with E-state index >= 15 is 0 Å². The van der Waals surface area contributed by atoms with E-state index in [1.54, 1.807) is 0 Å². The molecule has 0 radical (unpaired) electrons. The molecule has 0 spiro atoms. The highest BCUT2D eigenvalue weighted by atomic mass is 15.2. The highest BCUT2D eigenvalue weighted by Crippen LogP contribution is 2.45. The van der Waals surface area contributed by atoms with Crippen LogP contribution in [-0.4, -0.2) is 4.57 Å². The minimum atomic E-state index is 1.09. The van der Waals surface area contributed by atoms with Crippen LogP contribution < -0.4 is 14.7 Å². The molecular formula is C60H52N4. The van der Waals surface area contributed by atoms with Crippen LogP contribution in [0.15, 0.2) is 206 Å². The highest BCUT2D eigenvalue weighted by Gasteiger charge is 2.23. The number of hydrogen-bond acceptors (Lipinski definition) is 3. The summed E-state index contributed by atoms with van der Waals surface area (Å²) < 4.78 is 2.43. The molecule has 1 heterocycles.